The van der Waals surface area contributed by atoms with Gasteiger partial charge >= 0.3 is 29.6 Å². The van der Waals surface area contributed by atoms with Gasteiger partial charge in [0.05, 0.1) is 23.4 Å². The van der Waals surface area contributed by atoms with Gasteiger partial charge in [0.15, 0.2) is 5.75 Å². The molecule has 0 bridgehead atoms. The molecule has 38 heavy (non-hydrogen) atoms. The third-order valence-corrected chi connectivity index (χ3v) is 6.84. The Morgan fingerprint density at radius 1 is 0.684 bits per heavy atom. The van der Waals surface area contributed by atoms with Crippen LogP contribution in [0.4, 0.5) is 22.7 Å². The van der Waals surface area contributed by atoms with Gasteiger partial charge in [-0.15, -0.1) is 10.2 Å². The minimum Gasteiger partial charge on any atom is -0.505 e. The zero-order valence-electron chi connectivity index (χ0n) is 19.9. The topological polar surface area (TPSA) is 188 Å². The molecule has 0 radical (unpaired) electrons. The fourth-order valence-electron chi connectivity index (χ4n) is 3.32. The zero-order valence-corrected chi connectivity index (χ0v) is 23.5. The number of hydrogen-bond acceptors (Lipinski definition) is 10. The van der Waals surface area contributed by atoms with Crippen molar-refractivity contribution in [2.24, 2.45) is 20.5 Å². The molecular weight excluding hydrogens is 547 g/mol. The first-order chi connectivity index (χ1) is 17.5. The average molecular weight is 566 g/mol. The summed E-state index contributed by atoms with van der Waals surface area (Å²) in [6.07, 6.45) is 0. The van der Waals surface area contributed by atoms with Gasteiger partial charge in [-0.25, -0.2) is 0 Å². The molecular formula is C23H18N4NaO8S2+. The molecule has 4 aromatic carbocycles. The van der Waals surface area contributed by atoms with Gasteiger partial charge in [0.25, 0.3) is 20.2 Å². The van der Waals surface area contributed by atoms with Crippen LogP contribution in [-0.4, -0.2) is 38.2 Å². The van der Waals surface area contributed by atoms with Crippen molar-refractivity contribution in [1.82, 2.24) is 0 Å². The Labute approximate surface area is 239 Å². The molecule has 0 atom stereocenters. The Kier molecular flexibility index (Phi) is 8.99. The zero-order chi connectivity index (χ0) is 26.8. The Morgan fingerprint density at radius 3 is 1.87 bits per heavy atom. The van der Waals surface area contributed by atoms with E-state index in [1.54, 1.807) is 12.1 Å². The number of benzene rings is 4. The van der Waals surface area contributed by atoms with Crippen molar-refractivity contribution in [3.63, 3.8) is 0 Å². The molecule has 0 aliphatic heterocycles. The van der Waals surface area contributed by atoms with Crippen molar-refractivity contribution in [3.8, 4) is 11.5 Å². The number of hydrogen-bond donors (Lipinski definition) is 3. The van der Waals surface area contributed by atoms with Crippen LogP contribution in [0.2, 0.25) is 0 Å². The van der Waals surface area contributed by atoms with Crippen molar-refractivity contribution in [3.05, 3.63) is 72.8 Å². The molecule has 15 heteroatoms. The summed E-state index contributed by atoms with van der Waals surface area (Å²) in [5.41, 5.74) is 0.721. The smallest absolute Gasteiger partial charge is 0.505 e. The van der Waals surface area contributed by atoms with Crippen LogP contribution < -0.4 is 34.3 Å². The van der Waals surface area contributed by atoms with Gasteiger partial charge in [-0.2, -0.15) is 27.1 Å². The first-order valence-corrected chi connectivity index (χ1v) is 13.2. The number of methoxy groups -OCH3 is 1. The van der Waals surface area contributed by atoms with E-state index in [4.69, 9.17) is 9.29 Å². The summed E-state index contributed by atoms with van der Waals surface area (Å²) in [5.74, 6) is -0.0895. The van der Waals surface area contributed by atoms with Crippen LogP contribution in [-0.2, 0) is 20.2 Å². The van der Waals surface area contributed by atoms with Gasteiger partial charge in [0.1, 0.15) is 22.0 Å². The van der Waals surface area contributed by atoms with E-state index in [-0.39, 0.29) is 68.1 Å². The molecule has 0 unspecified atom stereocenters. The molecule has 0 aromatic heterocycles. The second-order valence-corrected chi connectivity index (χ2v) is 10.3. The molecule has 0 fully saturated rings. The minimum absolute atomic E-state index is 0. The Balaban J connectivity index is 0.00000400. The molecule has 0 heterocycles. The summed E-state index contributed by atoms with van der Waals surface area (Å²) in [6, 6.07) is 16.7. The second-order valence-electron chi connectivity index (χ2n) is 7.49. The van der Waals surface area contributed by atoms with Gasteiger partial charge in [-0.3, -0.25) is 9.11 Å². The largest absolute Gasteiger partial charge is 1.00 e. The normalized spacial score (nSPS) is 12.2. The first kappa shape index (κ1) is 29.3. The van der Waals surface area contributed by atoms with E-state index in [2.05, 4.69) is 20.5 Å². The SMILES string of the molecule is COc1cc(N=Nc2ccc(S(=O)(=O)O)cc2)ccc1N=Nc1cc(S(=O)(=O)O)c2ccccc2c1O.[Na+]. The minimum atomic E-state index is -4.61. The van der Waals surface area contributed by atoms with Gasteiger partial charge in [0.2, 0.25) is 0 Å². The van der Waals surface area contributed by atoms with Crippen LogP contribution in [0.1, 0.15) is 0 Å². The van der Waals surface area contributed by atoms with E-state index in [0.717, 1.165) is 6.07 Å². The maximum absolute atomic E-state index is 11.9. The summed E-state index contributed by atoms with van der Waals surface area (Å²) in [4.78, 5) is -0.703. The Hall–Kier alpha value is -3.24. The van der Waals surface area contributed by atoms with Crippen molar-refractivity contribution in [1.29, 1.82) is 0 Å². The predicted octanol–water partition coefficient (Wildman–Crippen LogP) is 2.88. The van der Waals surface area contributed by atoms with Crippen LogP contribution in [0.5, 0.6) is 11.5 Å². The maximum Gasteiger partial charge on any atom is 1.00 e. The number of nitrogens with zero attached hydrogens (tertiary/aromatic N) is 4. The number of phenols is 1. The van der Waals surface area contributed by atoms with Gasteiger partial charge in [0, 0.05) is 16.8 Å². The van der Waals surface area contributed by atoms with E-state index in [0.29, 0.717) is 11.4 Å². The third kappa shape index (κ3) is 6.60. The van der Waals surface area contributed by atoms with E-state index in [9.17, 15) is 26.5 Å². The van der Waals surface area contributed by atoms with Gasteiger partial charge in [-0.1, -0.05) is 24.3 Å². The Morgan fingerprint density at radius 2 is 1.26 bits per heavy atom. The number of rotatable bonds is 7. The van der Waals surface area contributed by atoms with Crippen molar-refractivity contribution >= 4 is 53.8 Å². The standard InChI is InChI=1S/C23H18N4O8S2.Na/c1-35-21-12-15(25-24-14-6-9-16(10-7-14)36(29,30)31)8-11-19(21)26-27-20-13-22(37(32,33)34)17-4-2-3-5-18(17)23(20)28;/h2-13,28H,1H3,(H,29,30,31)(H,32,33,34);/q;+1. The van der Waals surface area contributed by atoms with Crippen LogP contribution >= 0.6 is 0 Å². The second kappa shape index (κ2) is 11.7. The third-order valence-electron chi connectivity index (χ3n) is 5.08. The molecule has 0 saturated carbocycles. The molecule has 0 aliphatic rings. The van der Waals surface area contributed by atoms with Crippen LogP contribution in [0, 0.1) is 0 Å². The van der Waals surface area contributed by atoms with Crippen LogP contribution in [0.25, 0.3) is 10.8 Å². The number of fused-ring (bicyclic) bond motifs is 1. The summed E-state index contributed by atoms with van der Waals surface area (Å²) in [5, 5.41) is 26.9. The van der Waals surface area contributed by atoms with Crippen molar-refractivity contribution in [2.45, 2.75) is 9.79 Å². The van der Waals surface area contributed by atoms with Gasteiger partial charge < -0.3 is 9.84 Å². The summed E-state index contributed by atoms with van der Waals surface area (Å²) < 4.78 is 70.0. The molecule has 4 rings (SSSR count). The quantitative estimate of drug-likeness (QED) is 0.173. The predicted molar refractivity (Wildman–Crippen MR) is 133 cm³/mol. The van der Waals surface area contributed by atoms with Gasteiger partial charge in [-0.05, 0) is 42.5 Å². The first-order valence-electron chi connectivity index (χ1n) is 10.3. The molecule has 190 valence electrons. The molecule has 0 spiro atoms. The molecule has 3 N–H and O–H groups in total. The molecule has 0 amide bonds. The number of ether oxygens (including phenoxy) is 1. The summed E-state index contributed by atoms with van der Waals surface area (Å²) in [7, 11) is -7.54. The average Bonchev–Trinajstić information content (AvgIpc) is 2.86. The number of aromatic hydroxyl groups is 1. The summed E-state index contributed by atoms with van der Waals surface area (Å²) in [6.45, 7) is 0. The van der Waals surface area contributed by atoms with E-state index in [1.165, 1.54) is 61.7 Å². The fourth-order valence-corrected chi connectivity index (χ4v) is 4.52. The maximum atomic E-state index is 11.9. The Bertz CT molecular complexity index is 1780. The number of phenolic OH excluding ortho intramolecular Hbond substituents is 1. The van der Waals surface area contributed by atoms with Crippen molar-refractivity contribution < 1.29 is 65.3 Å². The summed E-state index contributed by atoms with van der Waals surface area (Å²) >= 11 is 0. The molecule has 12 nitrogen and oxygen atoms in total. The van der Waals surface area contributed by atoms with Crippen LogP contribution in [0.15, 0.2) is 103 Å². The van der Waals surface area contributed by atoms with Crippen LogP contribution in [0.3, 0.4) is 0 Å². The van der Waals surface area contributed by atoms with E-state index in [1.807, 2.05) is 0 Å². The molecule has 4 aromatic rings. The molecule has 0 aliphatic carbocycles. The van der Waals surface area contributed by atoms with E-state index >= 15 is 0 Å². The number of azo groups is 2. The van der Waals surface area contributed by atoms with Crippen molar-refractivity contribution in [2.75, 3.05) is 7.11 Å². The monoisotopic (exact) mass is 565 g/mol. The fraction of sp³-hybridized carbons (Fsp3) is 0.0435. The van der Waals surface area contributed by atoms with E-state index < -0.39 is 25.1 Å². The molecule has 0 saturated heterocycles.